The summed E-state index contributed by atoms with van der Waals surface area (Å²) in [4.78, 5) is 0. The van der Waals surface area contributed by atoms with Crippen LogP contribution in [0.15, 0.2) is 6.33 Å². The summed E-state index contributed by atoms with van der Waals surface area (Å²) < 4.78 is 1.75. The van der Waals surface area contributed by atoms with Crippen molar-refractivity contribution >= 4 is 0 Å². The number of nitrogens with zero attached hydrogens (tertiary/aromatic N) is 3. The van der Waals surface area contributed by atoms with Gasteiger partial charge in [-0.15, -0.1) is 10.2 Å². The lowest BCUT2D eigenvalue weighted by Gasteiger charge is -2.23. The van der Waals surface area contributed by atoms with Crippen molar-refractivity contribution in [3.05, 3.63) is 12.2 Å². The molecule has 1 aromatic rings. The van der Waals surface area contributed by atoms with E-state index in [2.05, 4.69) is 24.0 Å². The molecular weight excluding hydrogens is 166 g/mol. The van der Waals surface area contributed by atoms with Crippen LogP contribution in [-0.4, -0.2) is 19.9 Å². The molecule has 0 aliphatic heterocycles. The summed E-state index contributed by atoms with van der Waals surface area (Å²) in [5.41, 5.74) is -0.876. The summed E-state index contributed by atoms with van der Waals surface area (Å²) in [5, 5.41) is 17.8. The maximum Gasteiger partial charge on any atom is 0.164 e. The number of aromatic nitrogens is 3. The van der Waals surface area contributed by atoms with Gasteiger partial charge in [-0.05, 0) is 19.3 Å². The lowest BCUT2D eigenvalue weighted by molar-refractivity contribution is 0.0230. The van der Waals surface area contributed by atoms with E-state index in [0.717, 1.165) is 0 Å². The minimum Gasteiger partial charge on any atom is -0.382 e. The van der Waals surface area contributed by atoms with Crippen molar-refractivity contribution in [2.24, 2.45) is 13.0 Å². The first-order chi connectivity index (χ1) is 5.93. The second kappa shape index (κ2) is 3.46. The van der Waals surface area contributed by atoms with Crippen LogP contribution in [0, 0.1) is 5.92 Å². The number of aryl methyl sites for hydroxylation is 1. The molecule has 0 aromatic carbocycles. The lowest BCUT2D eigenvalue weighted by atomic mass is 9.93. The first-order valence-electron chi connectivity index (χ1n) is 4.50. The summed E-state index contributed by atoms with van der Waals surface area (Å²) in [5.74, 6) is 1.06. The monoisotopic (exact) mass is 183 g/mol. The largest absolute Gasteiger partial charge is 0.382 e. The summed E-state index contributed by atoms with van der Waals surface area (Å²) in [6.45, 7) is 5.92. The van der Waals surface area contributed by atoms with Gasteiger partial charge in [-0.2, -0.15) is 0 Å². The zero-order chi connectivity index (χ0) is 10.1. The first kappa shape index (κ1) is 10.2. The Labute approximate surface area is 78.6 Å². The van der Waals surface area contributed by atoms with Gasteiger partial charge in [-0.25, -0.2) is 0 Å². The molecule has 74 valence electrons. The highest BCUT2D eigenvalue weighted by atomic mass is 16.3. The van der Waals surface area contributed by atoms with Crippen LogP contribution in [0.1, 0.15) is 33.0 Å². The predicted molar refractivity (Wildman–Crippen MR) is 50.0 cm³/mol. The molecule has 0 spiro atoms. The number of hydrogen-bond acceptors (Lipinski definition) is 3. The molecule has 1 rings (SSSR count). The molecule has 1 atom stereocenters. The van der Waals surface area contributed by atoms with Crippen molar-refractivity contribution in [1.29, 1.82) is 0 Å². The van der Waals surface area contributed by atoms with E-state index in [0.29, 0.717) is 18.2 Å². The number of rotatable bonds is 3. The fraction of sp³-hybridized carbons (Fsp3) is 0.778. The molecule has 4 heteroatoms. The second-order valence-electron chi connectivity index (χ2n) is 4.14. The SMILES string of the molecule is CC(C)CC(C)(O)c1nncn1C. The highest BCUT2D eigenvalue weighted by Gasteiger charge is 2.28. The van der Waals surface area contributed by atoms with Crippen LogP contribution in [0.2, 0.25) is 0 Å². The molecule has 1 heterocycles. The Morgan fingerprint density at radius 3 is 2.62 bits per heavy atom. The van der Waals surface area contributed by atoms with Gasteiger partial charge in [-0.3, -0.25) is 0 Å². The third-order valence-electron chi connectivity index (χ3n) is 2.00. The number of hydrogen-bond donors (Lipinski definition) is 1. The van der Waals surface area contributed by atoms with E-state index >= 15 is 0 Å². The van der Waals surface area contributed by atoms with E-state index in [1.165, 1.54) is 0 Å². The normalized spacial score (nSPS) is 16.2. The van der Waals surface area contributed by atoms with Crippen LogP contribution in [-0.2, 0) is 12.6 Å². The van der Waals surface area contributed by atoms with E-state index in [1.54, 1.807) is 17.8 Å². The maximum atomic E-state index is 10.1. The molecule has 4 nitrogen and oxygen atoms in total. The van der Waals surface area contributed by atoms with E-state index in [4.69, 9.17) is 0 Å². The molecular formula is C9H17N3O. The smallest absolute Gasteiger partial charge is 0.164 e. The third kappa shape index (κ3) is 2.28. The molecule has 13 heavy (non-hydrogen) atoms. The van der Waals surface area contributed by atoms with Gasteiger partial charge in [0.05, 0.1) is 0 Å². The van der Waals surface area contributed by atoms with Gasteiger partial charge < -0.3 is 9.67 Å². The topological polar surface area (TPSA) is 50.9 Å². The van der Waals surface area contributed by atoms with Crippen molar-refractivity contribution < 1.29 is 5.11 Å². The molecule has 0 saturated carbocycles. The molecule has 1 N–H and O–H groups in total. The van der Waals surface area contributed by atoms with Crippen LogP contribution in [0.5, 0.6) is 0 Å². The van der Waals surface area contributed by atoms with Gasteiger partial charge in [0.1, 0.15) is 11.9 Å². The standard InChI is InChI=1S/C9H17N3O/c1-7(2)5-9(3,13)8-11-10-6-12(8)4/h6-7,13H,5H2,1-4H3. The summed E-state index contributed by atoms with van der Waals surface area (Å²) in [7, 11) is 1.84. The van der Waals surface area contributed by atoms with Crippen molar-refractivity contribution in [2.45, 2.75) is 32.8 Å². The van der Waals surface area contributed by atoms with Crippen LogP contribution in [0.25, 0.3) is 0 Å². The molecule has 0 aliphatic carbocycles. The molecule has 1 unspecified atom stereocenters. The van der Waals surface area contributed by atoms with Crippen LogP contribution < -0.4 is 0 Å². The lowest BCUT2D eigenvalue weighted by Crippen LogP contribution is -2.27. The predicted octanol–water partition coefficient (Wildman–Crippen LogP) is 1.07. The molecule has 0 amide bonds. The average Bonchev–Trinajstić information content (AvgIpc) is 2.32. The molecule has 0 aliphatic rings. The Bertz CT molecular complexity index is 278. The minimum absolute atomic E-state index is 0.437. The summed E-state index contributed by atoms with van der Waals surface area (Å²) >= 11 is 0. The molecule has 0 radical (unpaired) electrons. The number of aliphatic hydroxyl groups is 1. The Morgan fingerprint density at radius 1 is 1.62 bits per heavy atom. The Hall–Kier alpha value is -0.900. The van der Waals surface area contributed by atoms with Crippen molar-refractivity contribution in [3.8, 4) is 0 Å². The van der Waals surface area contributed by atoms with Crippen LogP contribution in [0.4, 0.5) is 0 Å². The van der Waals surface area contributed by atoms with Crippen LogP contribution >= 0.6 is 0 Å². The van der Waals surface area contributed by atoms with Crippen molar-refractivity contribution in [2.75, 3.05) is 0 Å². The van der Waals surface area contributed by atoms with E-state index in [-0.39, 0.29) is 0 Å². The first-order valence-corrected chi connectivity index (χ1v) is 4.50. The molecule has 0 bridgehead atoms. The van der Waals surface area contributed by atoms with E-state index in [9.17, 15) is 5.11 Å². The Morgan fingerprint density at radius 2 is 2.23 bits per heavy atom. The minimum atomic E-state index is -0.876. The van der Waals surface area contributed by atoms with Crippen LogP contribution in [0.3, 0.4) is 0 Å². The summed E-state index contributed by atoms with van der Waals surface area (Å²) in [6.07, 6.45) is 2.30. The highest BCUT2D eigenvalue weighted by Crippen LogP contribution is 2.25. The second-order valence-corrected chi connectivity index (χ2v) is 4.14. The summed E-state index contributed by atoms with van der Waals surface area (Å²) in [6, 6.07) is 0. The Balaban J connectivity index is 2.87. The third-order valence-corrected chi connectivity index (χ3v) is 2.00. The fourth-order valence-electron chi connectivity index (χ4n) is 1.66. The van der Waals surface area contributed by atoms with Gasteiger partial charge in [-0.1, -0.05) is 13.8 Å². The van der Waals surface area contributed by atoms with Gasteiger partial charge in [0, 0.05) is 7.05 Å². The molecule has 0 fully saturated rings. The average molecular weight is 183 g/mol. The van der Waals surface area contributed by atoms with E-state index < -0.39 is 5.60 Å². The van der Waals surface area contributed by atoms with Gasteiger partial charge in [0.25, 0.3) is 0 Å². The van der Waals surface area contributed by atoms with Crippen molar-refractivity contribution in [1.82, 2.24) is 14.8 Å². The quantitative estimate of drug-likeness (QED) is 0.762. The maximum absolute atomic E-state index is 10.1. The molecule has 1 aromatic heterocycles. The van der Waals surface area contributed by atoms with E-state index in [1.807, 2.05) is 7.05 Å². The fourth-order valence-corrected chi connectivity index (χ4v) is 1.66. The van der Waals surface area contributed by atoms with Gasteiger partial charge >= 0.3 is 0 Å². The zero-order valence-corrected chi connectivity index (χ0v) is 8.65. The highest BCUT2D eigenvalue weighted by molar-refractivity contribution is 4.98. The van der Waals surface area contributed by atoms with Gasteiger partial charge in [0.15, 0.2) is 5.82 Å². The van der Waals surface area contributed by atoms with Gasteiger partial charge in [0.2, 0.25) is 0 Å². The zero-order valence-electron chi connectivity index (χ0n) is 8.65. The molecule has 0 saturated heterocycles. The Kier molecular flexibility index (Phi) is 2.71. The van der Waals surface area contributed by atoms with Crippen molar-refractivity contribution in [3.63, 3.8) is 0 Å².